The molecule has 4 nitrogen and oxygen atoms in total. The summed E-state index contributed by atoms with van der Waals surface area (Å²) in [5.74, 6) is 4.29. The first-order valence-electron chi connectivity index (χ1n) is 13.3. The van der Waals surface area contributed by atoms with Gasteiger partial charge in [0.15, 0.2) is 0 Å². The van der Waals surface area contributed by atoms with E-state index in [4.69, 9.17) is 0 Å². The van der Waals surface area contributed by atoms with E-state index in [9.17, 15) is 15.3 Å². The summed E-state index contributed by atoms with van der Waals surface area (Å²) in [6.45, 7) is 9.47. The third-order valence-corrected chi connectivity index (χ3v) is 11.3. The second kappa shape index (κ2) is 7.29. The van der Waals surface area contributed by atoms with Gasteiger partial charge in [0.2, 0.25) is 0 Å². The van der Waals surface area contributed by atoms with Crippen molar-refractivity contribution in [2.75, 3.05) is 13.1 Å². The maximum absolute atomic E-state index is 11.1. The highest BCUT2D eigenvalue weighted by molar-refractivity contribution is 5.37. The number of nitrogens with zero attached hydrogens (tertiary/aromatic N) is 1. The van der Waals surface area contributed by atoms with E-state index in [1.165, 1.54) is 25.8 Å². The van der Waals surface area contributed by atoms with E-state index in [0.29, 0.717) is 23.8 Å². The minimum absolute atomic E-state index is 0.0950. The van der Waals surface area contributed by atoms with Crippen LogP contribution in [0.2, 0.25) is 0 Å². The molecule has 6 aliphatic rings. The zero-order chi connectivity index (χ0) is 21.7. The maximum Gasteiger partial charge on any atom is 0.0701 e. The first-order valence-corrected chi connectivity index (χ1v) is 13.3. The standard InChI is InChI=1S/C27H43NO3/c1-14-8-25(31)26-15(2)17-4-5-18-19(21(17)13-28(26)12-14)10-22-20(18)11-24(30)23-9-16(29)6-7-27(22,23)3/h14-19,21,23-26,29-31H,4-13H2,1-3H3/t14-,15-,16-,17+,18-,19-,21-,23-,24-,25-,26-,27-/m1/s1. The lowest BCUT2D eigenvalue weighted by molar-refractivity contribution is -0.115. The van der Waals surface area contributed by atoms with E-state index in [2.05, 4.69) is 25.7 Å². The molecule has 0 aromatic rings. The monoisotopic (exact) mass is 429 g/mol. The van der Waals surface area contributed by atoms with Crippen LogP contribution < -0.4 is 0 Å². The van der Waals surface area contributed by atoms with Gasteiger partial charge in [-0.3, -0.25) is 4.90 Å². The van der Waals surface area contributed by atoms with Crippen molar-refractivity contribution >= 4 is 0 Å². The third kappa shape index (κ3) is 3.00. The zero-order valence-corrected chi connectivity index (χ0v) is 19.7. The molecule has 12 atom stereocenters. The van der Waals surface area contributed by atoms with Crippen LogP contribution >= 0.6 is 0 Å². The molecule has 2 saturated heterocycles. The Balaban J connectivity index is 1.30. The number of hydrogen-bond acceptors (Lipinski definition) is 4. The minimum Gasteiger partial charge on any atom is -0.393 e. The van der Waals surface area contributed by atoms with Crippen LogP contribution in [-0.2, 0) is 0 Å². The van der Waals surface area contributed by atoms with Crippen LogP contribution in [0.5, 0.6) is 0 Å². The molecule has 0 radical (unpaired) electrons. The van der Waals surface area contributed by atoms with E-state index in [-0.39, 0.29) is 29.6 Å². The summed E-state index contributed by atoms with van der Waals surface area (Å²) < 4.78 is 0. The first-order chi connectivity index (χ1) is 14.8. The van der Waals surface area contributed by atoms with Gasteiger partial charge < -0.3 is 15.3 Å². The molecule has 31 heavy (non-hydrogen) atoms. The third-order valence-electron chi connectivity index (χ3n) is 11.3. The summed E-state index contributed by atoms with van der Waals surface area (Å²) in [6.07, 6.45) is 7.68. The topological polar surface area (TPSA) is 63.9 Å². The van der Waals surface area contributed by atoms with Gasteiger partial charge in [-0.05, 0) is 98.2 Å². The maximum atomic E-state index is 11.1. The van der Waals surface area contributed by atoms with E-state index >= 15 is 0 Å². The average molecular weight is 430 g/mol. The number of hydrogen-bond donors (Lipinski definition) is 3. The summed E-state index contributed by atoms with van der Waals surface area (Å²) >= 11 is 0. The molecule has 4 heteroatoms. The predicted octanol–water partition coefficient (Wildman–Crippen LogP) is 3.60. The summed E-state index contributed by atoms with van der Waals surface area (Å²) in [7, 11) is 0. The van der Waals surface area contributed by atoms with Gasteiger partial charge >= 0.3 is 0 Å². The van der Waals surface area contributed by atoms with Crippen LogP contribution in [0.15, 0.2) is 11.1 Å². The van der Waals surface area contributed by atoms with Gasteiger partial charge in [0.1, 0.15) is 0 Å². The Morgan fingerprint density at radius 2 is 1.68 bits per heavy atom. The van der Waals surface area contributed by atoms with Gasteiger partial charge in [-0.1, -0.05) is 31.9 Å². The highest BCUT2D eigenvalue weighted by Gasteiger charge is 2.58. The van der Waals surface area contributed by atoms with E-state index < -0.39 is 0 Å². The predicted molar refractivity (Wildman–Crippen MR) is 121 cm³/mol. The lowest BCUT2D eigenvalue weighted by atomic mass is 9.56. The Kier molecular flexibility index (Phi) is 4.97. The lowest BCUT2D eigenvalue weighted by Gasteiger charge is -2.57. The van der Waals surface area contributed by atoms with Crippen LogP contribution in [-0.4, -0.2) is 57.7 Å². The van der Waals surface area contributed by atoms with Crippen molar-refractivity contribution in [2.24, 2.45) is 46.8 Å². The molecule has 2 heterocycles. The normalized spacial score (nSPS) is 56.9. The Morgan fingerprint density at radius 1 is 0.871 bits per heavy atom. The molecule has 0 unspecified atom stereocenters. The molecule has 174 valence electrons. The van der Waals surface area contributed by atoms with E-state index in [0.717, 1.165) is 56.4 Å². The molecular weight excluding hydrogens is 386 g/mol. The number of rotatable bonds is 0. The van der Waals surface area contributed by atoms with Gasteiger partial charge in [0, 0.05) is 19.1 Å². The molecular formula is C27H43NO3. The first kappa shape index (κ1) is 21.1. The molecule has 3 N–H and O–H groups in total. The number of allylic oxidation sites excluding steroid dienone is 1. The fraction of sp³-hybridized carbons (Fsp3) is 0.926. The molecule has 2 aliphatic heterocycles. The van der Waals surface area contributed by atoms with Crippen molar-refractivity contribution in [3.63, 3.8) is 0 Å². The molecule has 6 rings (SSSR count). The highest BCUT2D eigenvalue weighted by atomic mass is 16.3. The number of aliphatic hydroxyl groups excluding tert-OH is 3. The van der Waals surface area contributed by atoms with Crippen LogP contribution in [0.25, 0.3) is 0 Å². The average Bonchev–Trinajstić information content (AvgIpc) is 3.09. The lowest BCUT2D eigenvalue weighted by Crippen LogP contribution is -2.63. The Bertz CT molecular complexity index is 764. The van der Waals surface area contributed by atoms with Gasteiger partial charge in [-0.15, -0.1) is 0 Å². The van der Waals surface area contributed by atoms with Gasteiger partial charge in [0.25, 0.3) is 0 Å². The van der Waals surface area contributed by atoms with Crippen LogP contribution in [0.4, 0.5) is 0 Å². The Morgan fingerprint density at radius 3 is 2.48 bits per heavy atom. The quantitative estimate of drug-likeness (QED) is 0.515. The molecule has 4 fully saturated rings. The van der Waals surface area contributed by atoms with Crippen LogP contribution in [0.3, 0.4) is 0 Å². The SMILES string of the molecule is C[C@@H]1C[C@@H](O)[C@H]2[C@H](C)[C@@H]3CC[C@H]4C5=C(C[C@H]4[C@@H]3CN2C1)[C@@]1(C)CC[C@@H](O)C[C@@H]1[C@H](O)C5. The second-order valence-electron chi connectivity index (χ2n) is 12.8. The number of piperidine rings is 2. The van der Waals surface area contributed by atoms with Crippen molar-refractivity contribution in [3.8, 4) is 0 Å². The molecule has 0 aromatic heterocycles. The summed E-state index contributed by atoms with van der Waals surface area (Å²) in [5, 5.41) is 32.3. The molecule has 0 amide bonds. The summed E-state index contributed by atoms with van der Waals surface area (Å²) in [4.78, 5) is 2.67. The largest absolute Gasteiger partial charge is 0.393 e. The Labute approximate surface area is 188 Å². The van der Waals surface area contributed by atoms with Gasteiger partial charge in [0.05, 0.1) is 18.3 Å². The van der Waals surface area contributed by atoms with Gasteiger partial charge in [-0.2, -0.15) is 0 Å². The molecule has 0 spiro atoms. The van der Waals surface area contributed by atoms with Crippen molar-refractivity contribution < 1.29 is 15.3 Å². The highest BCUT2D eigenvalue weighted by Crippen LogP contribution is 2.64. The molecule has 0 aromatic carbocycles. The van der Waals surface area contributed by atoms with Crippen molar-refractivity contribution in [2.45, 2.75) is 96.5 Å². The van der Waals surface area contributed by atoms with Crippen LogP contribution in [0, 0.1) is 46.8 Å². The molecule has 4 aliphatic carbocycles. The summed E-state index contributed by atoms with van der Waals surface area (Å²) in [6, 6.07) is 0.363. The fourth-order valence-electron chi connectivity index (χ4n) is 9.97. The number of fused-ring (bicyclic) bond motifs is 7. The number of aliphatic hydroxyl groups is 3. The second-order valence-corrected chi connectivity index (χ2v) is 12.8. The van der Waals surface area contributed by atoms with Crippen molar-refractivity contribution in [1.82, 2.24) is 4.90 Å². The zero-order valence-electron chi connectivity index (χ0n) is 19.7. The van der Waals surface area contributed by atoms with Crippen molar-refractivity contribution in [3.05, 3.63) is 11.1 Å². The molecule has 0 bridgehead atoms. The Hall–Kier alpha value is -0.420. The molecule has 2 saturated carbocycles. The summed E-state index contributed by atoms with van der Waals surface area (Å²) in [5.41, 5.74) is 3.43. The van der Waals surface area contributed by atoms with E-state index in [1.54, 1.807) is 11.1 Å². The van der Waals surface area contributed by atoms with Gasteiger partial charge in [-0.25, -0.2) is 0 Å². The van der Waals surface area contributed by atoms with Crippen LogP contribution in [0.1, 0.15) is 72.1 Å². The fourth-order valence-corrected chi connectivity index (χ4v) is 9.97. The van der Waals surface area contributed by atoms with E-state index in [1.807, 2.05) is 0 Å². The smallest absolute Gasteiger partial charge is 0.0701 e. The van der Waals surface area contributed by atoms with Crippen molar-refractivity contribution in [1.29, 1.82) is 0 Å². The minimum atomic E-state index is -0.275.